The molecule has 1 aliphatic rings. The summed E-state index contributed by atoms with van der Waals surface area (Å²) in [5.41, 5.74) is 1.75. The second-order valence-electron chi connectivity index (χ2n) is 2.74. The number of hydrogen-bond acceptors (Lipinski definition) is 2. The molecule has 1 atom stereocenters. The smallest absolute Gasteiger partial charge is 0.211 e. The molecule has 12 heavy (non-hydrogen) atoms. The number of carbonyl (C=O) groups excluding carboxylic acids is 1. The highest BCUT2D eigenvalue weighted by Crippen LogP contribution is 2.30. The molecule has 59 valence electrons. The summed E-state index contributed by atoms with van der Waals surface area (Å²) in [6.07, 6.45) is 5.20. The predicted molar refractivity (Wildman–Crippen MR) is 47.2 cm³/mol. The third kappa shape index (κ3) is 0.809. The maximum absolute atomic E-state index is 10.6. The Kier molecular flexibility index (Phi) is 1.36. The zero-order valence-electron chi connectivity index (χ0n) is 6.40. The zero-order chi connectivity index (χ0) is 8.60. The Bertz CT molecular complexity index is 359. The van der Waals surface area contributed by atoms with Gasteiger partial charge >= 0.3 is 6.41 Å². The van der Waals surface area contributed by atoms with Crippen LogP contribution in [0.2, 0.25) is 0 Å². The van der Waals surface area contributed by atoms with E-state index in [1.54, 1.807) is 12.6 Å². The van der Waals surface area contributed by atoms with Gasteiger partial charge in [-0.1, -0.05) is 12.1 Å². The standard InChI is InChI=1S/C9H8N2O/c10-11(7-12)6-5-8-3-1-2-4-9(8)11/h1-6H,10H2/q+1. The lowest BCUT2D eigenvalue weighted by Crippen LogP contribution is -2.48. The van der Waals surface area contributed by atoms with Crippen LogP contribution in [0.1, 0.15) is 5.56 Å². The van der Waals surface area contributed by atoms with E-state index in [4.69, 9.17) is 5.84 Å². The van der Waals surface area contributed by atoms with E-state index in [-0.39, 0.29) is 4.59 Å². The molecule has 2 N–H and O–H groups in total. The van der Waals surface area contributed by atoms with E-state index in [9.17, 15) is 4.79 Å². The Labute approximate surface area is 70.3 Å². The molecule has 1 aromatic rings. The molecular weight excluding hydrogens is 152 g/mol. The Morgan fingerprint density at radius 3 is 2.83 bits per heavy atom. The van der Waals surface area contributed by atoms with Crippen molar-refractivity contribution in [2.24, 2.45) is 5.84 Å². The zero-order valence-corrected chi connectivity index (χ0v) is 6.40. The molecule has 1 amide bonds. The molecule has 1 unspecified atom stereocenters. The number of rotatable bonds is 1. The molecule has 0 saturated carbocycles. The maximum atomic E-state index is 10.6. The van der Waals surface area contributed by atoms with Gasteiger partial charge in [0.2, 0.25) is 0 Å². The van der Waals surface area contributed by atoms with Crippen molar-refractivity contribution in [3.05, 3.63) is 36.0 Å². The van der Waals surface area contributed by atoms with Gasteiger partial charge in [0, 0.05) is 17.7 Å². The van der Waals surface area contributed by atoms with Gasteiger partial charge in [-0.15, -0.1) is 4.59 Å². The van der Waals surface area contributed by atoms with Crippen LogP contribution in [-0.4, -0.2) is 6.41 Å². The largest absolute Gasteiger partial charge is 0.474 e. The monoisotopic (exact) mass is 160 g/mol. The molecule has 0 aliphatic carbocycles. The van der Waals surface area contributed by atoms with Crippen molar-refractivity contribution >= 4 is 18.2 Å². The van der Waals surface area contributed by atoms with Crippen molar-refractivity contribution in [3.8, 4) is 0 Å². The molecule has 2 rings (SSSR count). The molecule has 0 spiro atoms. The first-order valence-corrected chi connectivity index (χ1v) is 3.62. The summed E-state index contributed by atoms with van der Waals surface area (Å²) >= 11 is 0. The van der Waals surface area contributed by atoms with Gasteiger partial charge in [0.15, 0.2) is 5.69 Å². The van der Waals surface area contributed by atoms with Gasteiger partial charge in [-0.3, -0.25) is 0 Å². The van der Waals surface area contributed by atoms with Crippen LogP contribution in [0.3, 0.4) is 0 Å². The molecule has 1 radical (unpaired) electrons. The first kappa shape index (κ1) is 7.21. The fourth-order valence-electron chi connectivity index (χ4n) is 1.32. The number of nitrogens with two attached hydrogens (primary N) is 1. The van der Waals surface area contributed by atoms with E-state index in [2.05, 4.69) is 0 Å². The van der Waals surface area contributed by atoms with Gasteiger partial charge < -0.3 is 0 Å². The molecule has 1 heterocycles. The van der Waals surface area contributed by atoms with Gasteiger partial charge in [0.05, 0.1) is 0 Å². The van der Waals surface area contributed by atoms with Crippen LogP contribution in [0.4, 0.5) is 5.69 Å². The number of nitrogens with zero attached hydrogens (tertiary/aromatic N) is 1. The van der Waals surface area contributed by atoms with Crippen LogP contribution >= 0.6 is 0 Å². The third-order valence-electron chi connectivity index (χ3n) is 1.98. The lowest BCUT2D eigenvalue weighted by Gasteiger charge is -2.14. The topological polar surface area (TPSA) is 43.1 Å². The average molecular weight is 160 g/mol. The summed E-state index contributed by atoms with van der Waals surface area (Å²) in [4.78, 5) is 10.6. The van der Waals surface area contributed by atoms with Crippen molar-refractivity contribution in [3.63, 3.8) is 0 Å². The molecule has 0 bridgehead atoms. The summed E-state index contributed by atoms with van der Waals surface area (Å²) < 4.78 is -0.365. The summed E-state index contributed by atoms with van der Waals surface area (Å²) in [5, 5.41) is 0. The van der Waals surface area contributed by atoms with E-state index in [0.29, 0.717) is 0 Å². The second-order valence-corrected chi connectivity index (χ2v) is 2.74. The van der Waals surface area contributed by atoms with Crippen molar-refractivity contribution < 1.29 is 4.79 Å². The molecular formula is C9H8N2O+. The van der Waals surface area contributed by atoms with Crippen LogP contribution < -0.4 is 10.4 Å². The summed E-state index contributed by atoms with van der Waals surface area (Å²) in [5.74, 6) is 5.70. The first-order chi connectivity index (χ1) is 5.76. The Balaban J connectivity index is 2.63. The summed E-state index contributed by atoms with van der Waals surface area (Å²) in [7, 11) is 0. The highest BCUT2D eigenvalue weighted by atomic mass is 16.2. The molecule has 1 aliphatic heterocycles. The number of para-hydroxylation sites is 1. The van der Waals surface area contributed by atoms with E-state index in [0.717, 1.165) is 11.3 Å². The van der Waals surface area contributed by atoms with Crippen LogP contribution in [0.25, 0.3) is 6.08 Å². The normalized spacial score (nSPS) is 25.4. The minimum Gasteiger partial charge on any atom is -0.211 e. The average Bonchev–Trinajstić information content (AvgIpc) is 2.46. The number of benzene rings is 1. The first-order valence-electron chi connectivity index (χ1n) is 3.62. The highest BCUT2D eigenvalue weighted by molar-refractivity contribution is 5.83. The number of amides is 1. The second kappa shape index (κ2) is 2.27. The number of hydrogen-bond donors (Lipinski definition) is 1. The van der Waals surface area contributed by atoms with Crippen LogP contribution in [0.15, 0.2) is 30.5 Å². The van der Waals surface area contributed by atoms with E-state index in [1.807, 2.05) is 30.3 Å². The van der Waals surface area contributed by atoms with Crippen molar-refractivity contribution in [1.82, 2.24) is 4.59 Å². The minimum absolute atomic E-state index is 0.365. The highest BCUT2D eigenvalue weighted by Gasteiger charge is 2.32. The van der Waals surface area contributed by atoms with Gasteiger partial charge in [-0.2, -0.15) is 5.84 Å². The fourth-order valence-corrected chi connectivity index (χ4v) is 1.32. The third-order valence-corrected chi connectivity index (χ3v) is 1.98. The van der Waals surface area contributed by atoms with Gasteiger partial charge in [-0.05, 0) is 6.07 Å². The minimum atomic E-state index is -0.365. The quantitative estimate of drug-likeness (QED) is 0.377. The summed E-state index contributed by atoms with van der Waals surface area (Å²) in [6, 6.07) is 7.49. The van der Waals surface area contributed by atoms with Gasteiger partial charge in [0.1, 0.15) is 6.20 Å². The van der Waals surface area contributed by atoms with Crippen LogP contribution in [0, 0.1) is 0 Å². The van der Waals surface area contributed by atoms with Gasteiger partial charge in [0.25, 0.3) is 0 Å². The lowest BCUT2D eigenvalue weighted by atomic mass is 10.2. The molecule has 1 aromatic carbocycles. The molecule has 0 aromatic heterocycles. The van der Waals surface area contributed by atoms with Crippen LogP contribution in [-0.2, 0) is 4.79 Å². The molecule has 3 nitrogen and oxygen atoms in total. The number of quaternary nitrogens is 1. The summed E-state index contributed by atoms with van der Waals surface area (Å²) in [6.45, 7) is 0. The van der Waals surface area contributed by atoms with E-state index < -0.39 is 0 Å². The number of fused-ring (bicyclic) bond motifs is 1. The van der Waals surface area contributed by atoms with E-state index in [1.165, 1.54) is 0 Å². The van der Waals surface area contributed by atoms with Crippen LogP contribution in [0.5, 0.6) is 0 Å². The van der Waals surface area contributed by atoms with E-state index >= 15 is 0 Å². The SMILES string of the molecule is N[N+]1([C]=O)C=Cc2ccccc21. The maximum Gasteiger partial charge on any atom is 0.474 e. The Morgan fingerprint density at radius 2 is 2.08 bits per heavy atom. The van der Waals surface area contributed by atoms with Crippen molar-refractivity contribution in [2.45, 2.75) is 0 Å². The van der Waals surface area contributed by atoms with Crippen molar-refractivity contribution in [1.29, 1.82) is 0 Å². The Morgan fingerprint density at radius 1 is 1.33 bits per heavy atom. The lowest BCUT2D eigenvalue weighted by molar-refractivity contribution is 0.470. The molecule has 0 saturated heterocycles. The Hall–Kier alpha value is -1.45. The fraction of sp³-hybridized carbons (Fsp3) is 0. The van der Waals surface area contributed by atoms with Crippen molar-refractivity contribution in [2.75, 3.05) is 0 Å². The molecule has 3 heteroatoms. The predicted octanol–water partition coefficient (Wildman–Crippen LogP) is 0.919. The van der Waals surface area contributed by atoms with Gasteiger partial charge in [-0.25, -0.2) is 4.79 Å². The molecule has 0 fully saturated rings.